The van der Waals surface area contributed by atoms with Gasteiger partial charge in [0.15, 0.2) is 17.5 Å². The summed E-state index contributed by atoms with van der Waals surface area (Å²) in [6.07, 6.45) is 3.93. The van der Waals surface area contributed by atoms with Crippen LogP contribution in [0.15, 0.2) is 35.5 Å². The molecule has 0 amide bonds. The molecule has 0 radical (unpaired) electrons. The Morgan fingerprint density at radius 2 is 2.04 bits per heavy atom. The van der Waals surface area contributed by atoms with Crippen LogP contribution in [0.3, 0.4) is 0 Å². The van der Waals surface area contributed by atoms with E-state index in [1.807, 2.05) is 11.8 Å². The van der Waals surface area contributed by atoms with Gasteiger partial charge in [0.2, 0.25) is 15.7 Å². The summed E-state index contributed by atoms with van der Waals surface area (Å²) in [6.45, 7) is 2.78. The first kappa shape index (κ1) is 17.7. The third-order valence-electron chi connectivity index (χ3n) is 4.49. The minimum atomic E-state index is -3.96. The summed E-state index contributed by atoms with van der Waals surface area (Å²) in [4.78, 5) is 5.95. The number of aromatic nitrogens is 4. The molecule has 142 valence electrons. The van der Waals surface area contributed by atoms with Crippen LogP contribution in [0.25, 0.3) is 5.65 Å². The van der Waals surface area contributed by atoms with Crippen molar-refractivity contribution in [2.24, 2.45) is 0 Å². The van der Waals surface area contributed by atoms with Gasteiger partial charge < -0.3 is 4.90 Å². The second-order valence-corrected chi connectivity index (χ2v) is 8.03. The van der Waals surface area contributed by atoms with Crippen molar-refractivity contribution < 1.29 is 17.2 Å². The zero-order valence-corrected chi connectivity index (χ0v) is 15.1. The van der Waals surface area contributed by atoms with Crippen molar-refractivity contribution in [1.82, 2.24) is 24.3 Å². The van der Waals surface area contributed by atoms with Crippen LogP contribution in [-0.4, -0.2) is 47.1 Å². The number of fused-ring (bicyclic) bond motifs is 1. The SMILES string of the molecule is Cc1nnc2c(N3CC[C@@H](NS(=O)(=O)c4ccc(F)c(F)c4)C3)nccn12. The second kappa shape index (κ2) is 6.50. The lowest BCUT2D eigenvalue weighted by molar-refractivity contribution is 0.503. The van der Waals surface area contributed by atoms with Gasteiger partial charge in [0, 0.05) is 31.5 Å². The lowest BCUT2D eigenvalue weighted by Crippen LogP contribution is -2.37. The molecule has 3 heterocycles. The van der Waals surface area contributed by atoms with E-state index < -0.39 is 27.7 Å². The lowest BCUT2D eigenvalue weighted by Gasteiger charge is -2.18. The first-order chi connectivity index (χ1) is 12.8. The fourth-order valence-corrected chi connectivity index (χ4v) is 4.41. The van der Waals surface area contributed by atoms with Crippen molar-refractivity contribution in [2.45, 2.75) is 24.3 Å². The lowest BCUT2D eigenvalue weighted by atomic mass is 10.3. The van der Waals surface area contributed by atoms with Gasteiger partial charge in [-0.1, -0.05) is 0 Å². The number of hydrogen-bond acceptors (Lipinski definition) is 6. The molecular formula is C16H16F2N6O2S. The molecule has 11 heteroatoms. The van der Waals surface area contributed by atoms with E-state index in [2.05, 4.69) is 19.9 Å². The maximum absolute atomic E-state index is 13.4. The predicted octanol–water partition coefficient (Wildman–Crippen LogP) is 1.27. The summed E-state index contributed by atoms with van der Waals surface area (Å²) in [5.41, 5.74) is 0.596. The van der Waals surface area contributed by atoms with Crippen LogP contribution < -0.4 is 9.62 Å². The molecular weight excluding hydrogens is 378 g/mol. The summed E-state index contributed by atoms with van der Waals surface area (Å²) >= 11 is 0. The van der Waals surface area contributed by atoms with Crippen LogP contribution in [0.2, 0.25) is 0 Å². The molecule has 0 unspecified atom stereocenters. The molecule has 27 heavy (non-hydrogen) atoms. The Hall–Kier alpha value is -2.66. The zero-order valence-electron chi connectivity index (χ0n) is 14.3. The summed E-state index contributed by atoms with van der Waals surface area (Å²) in [7, 11) is -3.96. The number of aryl methyl sites for hydroxylation is 1. The van der Waals surface area contributed by atoms with Gasteiger partial charge in [-0.15, -0.1) is 10.2 Å². The molecule has 1 aromatic carbocycles. The van der Waals surface area contributed by atoms with Crippen molar-refractivity contribution in [2.75, 3.05) is 18.0 Å². The smallest absolute Gasteiger partial charge is 0.240 e. The monoisotopic (exact) mass is 394 g/mol. The van der Waals surface area contributed by atoms with Gasteiger partial charge in [-0.3, -0.25) is 4.40 Å². The number of anilines is 1. The molecule has 4 rings (SSSR count). The second-order valence-electron chi connectivity index (χ2n) is 6.32. The molecule has 1 saturated heterocycles. The van der Waals surface area contributed by atoms with Gasteiger partial charge in [0.05, 0.1) is 4.90 Å². The fraction of sp³-hybridized carbons (Fsp3) is 0.312. The van der Waals surface area contributed by atoms with E-state index in [1.165, 1.54) is 0 Å². The number of nitrogens with zero attached hydrogens (tertiary/aromatic N) is 5. The van der Waals surface area contributed by atoms with Gasteiger partial charge in [-0.05, 0) is 31.5 Å². The Morgan fingerprint density at radius 1 is 1.22 bits per heavy atom. The fourth-order valence-electron chi connectivity index (χ4n) is 3.13. The van der Waals surface area contributed by atoms with E-state index in [9.17, 15) is 17.2 Å². The molecule has 0 bridgehead atoms. The van der Waals surface area contributed by atoms with Gasteiger partial charge in [-0.2, -0.15) is 0 Å². The molecule has 3 aromatic rings. The molecule has 2 aromatic heterocycles. The van der Waals surface area contributed by atoms with Crippen LogP contribution in [-0.2, 0) is 10.0 Å². The highest BCUT2D eigenvalue weighted by Gasteiger charge is 2.30. The van der Waals surface area contributed by atoms with Gasteiger partial charge in [0.25, 0.3) is 0 Å². The van der Waals surface area contributed by atoms with Crippen molar-refractivity contribution in [3.05, 3.63) is 48.1 Å². The number of benzene rings is 1. The number of nitrogens with one attached hydrogen (secondary N) is 1. The van der Waals surface area contributed by atoms with Crippen molar-refractivity contribution >= 4 is 21.5 Å². The maximum atomic E-state index is 13.4. The van der Waals surface area contributed by atoms with Gasteiger partial charge >= 0.3 is 0 Å². The highest BCUT2D eigenvalue weighted by atomic mass is 32.2. The molecule has 0 saturated carbocycles. The highest BCUT2D eigenvalue weighted by Crippen LogP contribution is 2.23. The third-order valence-corrected chi connectivity index (χ3v) is 6.01. The maximum Gasteiger partial charge on any atom is 0.240 e. The molecule has 1 fully saturated rings. The molecule has 1 aliphatic rings. The Morgan fingerprint density at radius 3 is 2.81 bits per heavy atom. The van der Waals surface area contributed by atoms with Crippen LogP contribution in [0.5, 0.6) is 0 Å². The Labute approximate surface area is 153 Å². The average Bonchev–Trinajstić information content (AvgIpc) is 3.24. The molecule has 0 spiro atoms. The first-order valence-electron chi connectivity index (χ1n) is 8.24. The van der Waals surface area contributed by atoms with Gasteiger partial charge in [0.1, 0.15) is 5.82 Å². The zero-order chi connectivity index (χ0) is 19.2. The quantitative estimate of drug-likeness (QED) is 0.716. The largest absolute Gasteiger partial charge is 0.352 e. The van der Waals surface area contributed by atoms with E-state index in [0.717, 1.165) is 18.0 Å². The third kappa shape index (κ3) is 3.23. The molecule has 8 nitrogen and oxygen atoms in total. The summed E-state index contributed by atoms with van der Waals surface area (Å²) in [5, 5.41) is 8.15. The normalized spacial score (nSPS) is 17.7. The van der Waals surface area contributed by atoms with Crippen molar-refractivity contribution in [1.29, 1.82) is 0 Å². The number of rotatable bonds is 4. The molecule has 1 aliphatic heterocycles. The number of sulfonamides is 1. The van der Waals surface area contributed by atoms with Gasteiger partial charge in [-0.25, -0.2) is 26.9 Å². The predicted molar refractivity (Wildman–Crippen MR) is 92.8 cm³/mol. The molecule has 0 aliphatic carbocycles. The van der Waals surface area contributed by atoms with Crippen molar-refractivity contribution in [3.63, 3.8) is 0 Å². The number of halogens is 2. The van der Waals surface area contributed by atoms with Crippen LogP contribution in [0.4, 0.5) is 14.6 Å². The Balaban J connectivity index is 1.53. The minimum Gasteiger partial charge on any atom is -0.352 e. The van der Waals surface area contributed by atoms with E-state index in [1.54, 1.807) is 16.8 Å². The van der Waals surface area contributed by atoms with E-state index in [-0.39, 0.29) is 4.90 Å². The standard InChI is InChI=1S/C16H16F2N6O2S/c1-10-20-21-16-15(19-5-7-24(10)16)23-6-4-11(9-23)22-27(25,26)12-2-3-13(17)14(18)8-12/h2-3,5,7-8,11,22H,4,6,9H2,1H3/t11-/m1/s1. The topological polar surface area (TPSA) is 92.5 Å². The molecule has 1 atom stereocenters. The van der Waals surface area contributed by atoms with Crippen molar-refractivity contribution in [3.8, 4) is 0 Å². The summed E-state index contributed by atoms with van der Waals surface area (Å²) in [6, 6.07) is 2.11. The number of hydrogen-bond donors (Lipinski definition) is 1. The van der Waals surface area contributed by atoms with Crippen LogP contribution in [0, 0.1) is 18.6 Å². The summed E-state index contributed by atoms with van der Waals surface area (Å²) in [5.74, 6) is -0.955. The first-order valence-corrected chi connectivity index (χ1v) is 9.72. The van der Waals surface area contributed by atoms with Crippen LogP contribution >= 0.6 is 0 Å². The van der Waals surface area contributed by atoms with Crippen LogP contribution in [0.1, 0.15) is 12.2 Å². The highest BCUT2D eigenvalue weighted by molar-refractivity contribution is 7.89. The Kier molecular flexibility index (Phi) is 4.27. The minimum absolute atomic E-state index is 0.312. The van der Waals surface area contributed by atoms with E-state index >= 15 is 0 Å². The summed E-state index contributed by atoms with van der Waals surface area (Å²) < 4.78 is 55.6. The van der Waals surface area contributed by atoms with E-state index in [4.69, 9.17) is 0 Å². The van der Waals surface area contributed by atoms with E-state index in [0.29, 0.717) is 37.0 Å². The molecule has 1 N–H and O–H groups in total. The Bertz CT molecular complexity index is 1120. The average molecular weight is 394 g/mol.